The molecule has 26 heavy (non-hydrogen) atoms. The second-order valence-electron chi connectivity index (χ2n) is 6.38. The average Bonchev–Trinajstić information content (AvgIpc) is 3.05. The van der Waals surface area contributed by atoms with Crippen molar-refractivity contribution in [3.05, 3.63) is 65.2 Å². The molecule has 1 aliphatic rings. The van der Waals surface area contributed by atoms with Crippen LogP contribution in [0.1, 0.15) is 27.6 Å². The van der Waals surface area contributed by atoms with Gasteiger partial charge < -0.3 is 4.90 Å². The minimum atomic E-state index is -3.29. The number of sulfone groups is 1. The minimum absolute atomic E-state index is 0.0128. The molecule has 4 rings (SSSR count). The Morgan fingerprint density at radius 3 is 2.73 bits per heavy atom. The number of hydrogen-bond acceptors (Lipinski definition) is 5. The highest BCUT2D eigenvalue weighted by Crippen LogP contribution is 2.30. The predicted molar refractivity (Wildman–Crippen MR) is 103 cm³/mol. The highest BCUT2D eigenvalue weighted by molar-refractivity contribution is 7.91. The first-order chi connectivity index (χ1) is 12.5. The van der Waals surface area contributed by atoms with Gasteiger partial charge in [0, 0.05) is 18.7 Å². The molecule has 1 amide bonds. The Morgan fingerprint density at radius 1 is 1.12 bits per heavy atom. The number of hydrogen-bond donors (Lipinski definition) is 0. The van der Waals surface area contributed by atoms with Crippen LogP contribution in [0.5, 0.6) is 0 Å². The molecular weight excluding hydrogens is 368 g/mol. The van der Waals surface area contributed by atoms with Crippen LogP contribution in [0.4, 0.5) is 0 Å². The van der Waals surface area contributed by atoms with E-state index in [0.29, 0.717) is 18.5 Å². The van der Waals surface area contributed by atoms with E-state index in [2.05, 4.69) is 4.98 Å². The van der Waals surface area contributed by atoms with E-state index in [1.165, 1.54) is 11.3 Å². The molecule has 1 aliphatic heterocycles. The second-order valence-corrected chi connectivity index (χ2v) is 9.57. The molecule has 3 aromatic rings. The summed E-state index contributed by atoms with van der Waals surface area (Å²) in [6, 6.07) is 14.7. The Hall–Kier alpha value is -2.25. The summed E-state index contributed by atoms with van der Waals surface area (Å²) < 4.78 is 26.4. The number of benzene rings is 2. The molecule has 0 bridgehead atoms. The minimum Gasteiger partial charge on any atom is -0.338 e. The van der Waals surface area contributed by atoms with Gasteiger partial charge in [0.1, 0.15) is 0 Å². The van der Waals surface area contributed by atoms with Gasteiger partial charge in [-0.05, 0) is 30.2 Å². The first-order valence-electron chi connectivity index (χ1n) is 8.44. The van der Waals surface area contributed by atoms with Crippen molar-refractivity contribution in [2.45, 2.75) is 11.7 Å². The summed E-state index contributed by atoms with van der Waals surface area (Å²) in [5.41, 5.74) is 4.00. The van der Waals surface area contributed by atoms with Gasteiger partial charge in [-0.2, -0.15) is 0 Å². The summed E-state index contributed by atoms with van der Waals surface area (Å²) in [6.45, 7) is 0.656. The monoisotopic (exact) mass is 386 g/mol. The molecule has 1 fully saturated rings. The first kappa shape index (κ1) is 17.2. The van der Waals surface area contributed by atoms with Crippen LogP contribution in [-0.2, 0) is 9.84 Å². The maximum atomic E-state index is 12.9. The molecule has 0 spiro atoms. The van der Waals surface area contributed by atoms with Crippen molar-refractivity contribution in [3.63, 3.8) is 0 Å². The fraction of sp³-hybridized carbons (Fsp3) is 0.263. The number of nitrogens with zero attached hydrogens (tertiary/aromatic N) is 2. The van der Waals surface area contributed by atoms with Crippen LogP contribution in [-0.4, -0.2) is 43.1 Å². The Bertz CT molecular complexity index is 1040. The summed E-state index contributed by atoms with van der Waals surface area (Å²) >= 11 is 1.49. The summed E-state index contributed by atoms with van der Waals surface area (Å²) in [4.78, 5) is 18.8. The zero-order valence-corrected chi connectivity index (χ0v) is 15.7. The van der Waals surface area contributed by atoms with Crippen LogP contribution in [0.2, 0.25) is 0 Å². The lowest BCUT2D eigenvalue weighted by Gasteiger charge is -2.20. The third-order valence-corrected chi connectivity index (χ3v) is 7.70. The summed E-state index contributed by atoms with van der Waals surface area (Å²) in [7, 11) is -3.29. The Kier molecular flexibility index (Phi) is 4.50. The quantitative estimate of drug-likeness (QED) is 0.678. The largest absolute Gasteiger partial charge is 0.338 e. The standard InChI is InChI=1S/C19H18N2O3S2/c22-19(15-6-7-16-17(12-15)25-13-20-16)21-9-8-18(26(23,24)11-10-21)14-4-2-1-3-5-14/h1-7,12-13,18H,8-11H2/t18-/m1/s1. The van der Waals surface area contributed by atoms with E-state index in [4.69, 9.17) is 0 Å². The summed E-state index contributed by atoms with van der Waals surface area (Å²) in [5.74, 6) is -0.134. The van der Waals surface area contributed by atoms with E-state index in [1.54, 1.807) is 16.5 Å². The van der Waals surface area contributed by atoms with Gasteiger partial charge in [0.25, 0.3) is 5.91 Å². The molecule has 7 heteroatoms. The first-order valence-corrected chi connectivity index (χ1v) is 11.0. The van der Waals surface area contributed by atoms with E-state index < -0.39 is 15.1 Å². The molecule has 0 N–H and O–H groups in total. The molecule has 0 radical (unpaired) electrons. The third kappa shape index (κ3) is 3.24. The maximum absolute atomic E-state index is 12.9. The number of rotatable bonds is 2. The highest BCUT2D eigenvalue weighted by atomic mass is 32.2. The smallest absolute Gasteiger partial charge is 0.253 e. The maximum Gasteiger partial charge on any atom is 0.253 e. The number of aromatic nitrogens is 1. The Morgan fingerprint density at radius 2 is 1.92 bits per heavy atom. The zero-order chi connectivity index (χ0) is 18.1. The van der Waals surface area contributed by atoms with Gasteiger partial charge in [-0.3, -0.25) is 4.79 Å². The van der Waals surface area contributed by atoms with E-state index in [9.17, 15) is 13.2 Å². The molecule has 5 nitrogen and oxygen atoms in total. The number of carbonyl (C=O) groups excluding carboxylic acids is 1. The molecule has 2 heterocycles. The molecule has 1 aromatic heterocycles. The average molecular weight is 386 g/mol. The van der Waals surface area contributed by atoms with E-state index >= 15 is 0 Å². The fourth-order valence-corrected chi connectivity index (χ4v) is 5.87. The lowest BCUT2D eigenvalue weighted by molar-refractivity contribution is 0.0767. The molecule has 0 aliphatic carbocycles. The Balaban J connectivity index is 1.58. The van der Waals surface area contributed by atoms with Gasteiger partial charge in [0.2, 0.25) is 0 Å². The van der Waals surface area contributed by atoms with Crippen molar-refractivity contribution in [1.29, 1.82) is 0 Å². The number of fused-ring (bicyclic) bond motifs is 1. The van der Waals surface area contributed by atoms with Crippen LogP contribution in [0, 0.1) is 0 Å². The topological polar surface area (TPSA) is 67.3 Å². The summed E-state index contributed by atoms with van der Waals surface area (Å²) in [5, 5.41) is -0.550. The normalized spacial score (nSPS) is 20.0. The molecule has 1 atom stereocenters. The molecule has 0 unspecified atom stereocenters. The van der Waals surface area contributed by atoms with Crippen molar-refractivity contribution in [3.8, 4) is 0 Å². The molecular formula is C19H18N2O3S2. The van der Waals surface area contributed by atoms with Crippen LogP contribution < -0.4 is 0 Å². The van der Waals surface area contributed by atoms with Gasteiger partial charge in [0.15, 0.2) is 9.84 Å². The highest BCUT2D eigenvalue weighted by Gasteiger charge is 2.32. The molecule has 2 aromatic carbocycles. The van der Waals surface area contributed by atoms with E-state index in [-0.39, 0.29) is 18.2 Å². The van der Waals surface area contributed by atoms with Crippen molar-refractivity contribution < 1.29 is 13.2 Å². The van der Waals surface area contributed by atoms with Gasteiger partial charge in [0.05, 0.1) is 26.7 Å². The van der Waals surface area contributed by atoms with Crippen LogP contribution in [0.15, 0.2) is 54.0 Å². The van der Waals surface area contributed by atoms with E-state index in [0.717, 1.165) is 15.8 Å². The third-order valence-electron chi connectivity index (χ3n) is 4.78. The number of amides is 1. The van der Waals surface area contributed by atoms with Crippen molar-refractivity contribution in [1.82, 2.24) is 9.88 Å². The fourth-order valence-electron chi connectivity index (χ4n) is 3.36. The van der Waals surface area contributed by atoms with E-state index in [1.807, 2.05) is 42.5 Å². The zero-order valence-electron chi connectivity index (χ0n) is 14.0. The van der Waals surface area contributed by atoms with Crippen molar-refractivity contribution in [2.75, 3.05) is 18.8 Å². The van der Waals surface area contributed by atoms with Crippen molar-refractivity contribution >= 4 is 37.3 Å². The predicted octanol–water partition coefficient (Wildman–Crippen LogP) is 3.30. The van der Waals surface area contributed by atoms with Crippen LogP contribution >= 0.6 is 11.3 Å². The SMILES string of the molecule is O=C(c1ccc2ncsc2c1)N1CC[C@H](c2ccccc2)S(=O)(=O)CC1. The molecule has 0 saturated carbocycles. The second kappa shape index (κ2) is 6.81. The van der Waals surface area contributed by atoms with Crippen molar-refractivity contribution in [2.24, 2.45) is 0 Å². The number of thiazole rings is 1. The molecule has 1 saturated heterocycles. The van der Waals surface area contributed by atoms with Gasteiger partial charge in [-0.15, -0.1) is 11.3 Å². The lowest BCUT2D eigenvalue weighted by Crippen LogP contribution is -2.33. The number of carbonyl (C=O) groups is 1. The lowest BCUT2D eigenvalue weighted by atomic mass is 10.1. The van der Waals surface area contributed by atoms with Gasteiger partial charge in [-0.1, -0.05) is 30.3 Å². The summed E-state index contributed by atoms with van der Waals surface area (Å²) in [6.07, 6.45) is 0.418. The van der Waals surface area contributed by atoms with Crippen LogP contribution in [0.25, 0.3) is 10.2 Å². The van der Waals surface area contributed by atoms with Gasteiger partial charge in [-0.25, -0.2) is 13.4 Å². The Labute approximate surface area is 156 Å². The van der Waals surface area contributed by atoms with Crippen LogP contribution in [0.3, 0.4) is 0 Å². The van der Waals surface area contributed by atoms with Gasteiger partial charge >= 0.3 is 0 Å². The molecule has 134 valence electrons.